The molecule has 0 spiro atoms. The van der Waals surface area contributed by atoms with Crippen LogP contribution in [0.3, 0.4) is 0 Å². The molecular weight excluding hydrogens is 300 g/mol. The third-order valence-electron chi connectivity index (χ3n) is 4.63. The van der Waals surface area contributed by atoms with Gasteiger partial charge in [-0.25, -0.2) is 0 Å². The summed E-state index contributed by atoms with van der Waals surface area (Å²) in [5.74, 6) is 1.11. The van der Waals surface area contributed by atoms with E-state index in [1.807, 2.05) is 11.8 Å². The molecule has 1 saturated heterocycles. The minimum atomic E-state index is 0.398. The number of para-hydroxylation sites is 1. The van der Waals surface area contributed by atoms with Gasteiger partial charge in [-0.15, -0.1) is 11.8 Å². The van der Waals surface area contributed by atoms with Crippen molar-refractivity contribution in [2.75, 3.05) is 24.2 Å². The van der Waals surface area contributed by atoms with Crippen LogP contribution >= 0.6 is 11.8 Å². The topological polar surface area (TPSA) is 15.3 Å². The summed E-state index contributed by atoms with van der Waals surface area (Å²) in [6.07, 6.45) is 2.47. The number of piperidine rings is 1. The molecule has 0 unspecified atom stereocenters. The molecule has 1 heterocycles. The van der Waals surface area contributed by atoms with Crippen LogP contribution in [0.25, 0.3) is 0 Å². The molecule has 1 N–H and O–H groups in total. The number of anilines is 1. The summed E-state index contributed by atoms with van der Waals surface area (Å²) in [5, 5.41) is 3.74. The van der Waals surface area contributed by atoms with Crippen molar-refractivity contribution in [1.82, 2.24) is 5.32 Å². The zero-order valence-electron chi connectivity index (χ0n) is 14.0. The maximum absolute atomic E-state index is 3.74. The van der Waals surface area contributed by atoms with Gasteiger partial charge in [0, 0.05) is 18.0 Å². The Morgan fingerprint density at radius 1 is 1.09 bits per heavy atom. The Balaban J connectivity index is 1.89. The second kappa shape index (κ2) is 7.89. The monoisotopic (exact) mass is 326 g/mol. The highest BCUT2D eigenvalue weighted by Gasteiger charge is 2.30. The highest BCUT2D eigenvalue weighted by Crippen LogP contribution is 2.35. The molecule has 23 heavy (non-hydrogen) atoms. The molecule has 3 rings (SSSR count). The number of nitrogens with zero attached hydrogens (tertiary/aromatic N) is 1. The van der Waals surface area contributed by atoms with Gasteiger partial charge in [0.15, 0.2) is 0 Å². The molecule has 0 saturated carbocycles. The number of likely N-dealkylation sites (N-methyl/N-ethyl adjacent to an activating group) is 1. The van der Waals surface area contributed by atoms with E-state index < -0.39 is 0 Å². The van der Waals surface area contributed by atoms with Crippen LogP contribution in [-0.2, 0) is 0 Å². The van der Waals surface area contributed by atoms with Crippen molar-refractivity contribution in [1.29, 1.82) is 0 Å². The first-order chi connectivity index (χ1) is 11.3. The summed E-state index contributed by atoms with van der Waals surface area (Å²) >= 11 is 1.93. The fraction of sp³-hybridized carbons (Fsp3) is 0.400. The Kier molecular flexibility index (Phi) is 5.63. The van der Waals surface area contributed by atoms with Crippen LogP contribution in [0.15, 0.2) is 59.5 Å². The molecule has 0 aromatic heterocycles. The summed E-state index contributed by atoms with van der Waals surface area (Å²) in [6, 6.07) is 20.6. The van der Waals surface area contributed by atoms with E-state index in [0.717, 1.165) is 12.3 Å². The minimum absolute atomic E-state index is 0.398. The quantitative estimate of drug-likeness (QED) is 0.800. The van der Waals surface area contributed by atoms with Crippen molar-refractivity contribution < 1.29 is 0 Å². The molecule has 3 heteroatoms. The van der Waals surface area contributed by atoms with Crippen LogP contribution in [0.1, 0.15) is 31.4 Å². The highest BCUT2D eigenvalue weighted by molar-refractivity contribution is 7.99. The summed E-state index contributed by atoms with van der Waals surface area (Å²) in [7, 11) is 2.25. The normalized spacial score (nSPS) is 21.1. The molecule has 0 radical (unpaired) electrons. The fourth-order valence-corrected chi connectivity index (χ4v) is 4.34. The van der Waals surface area contributed by atoms with Gasteiger partial charge in [-0.1, -0.05) is 49.4 Å². The fourth-order valence-electron chi connectivity index (χ4n) is 3.49. The van der Waals surface area contributed by atoms with Gasteiger partial charge in [0.2, 0.25) is 0 Å². The highest BCUT2D eigenvalue weighted by atomic mass is 32.2. The molecule has 1 aliphatic heterocycles. The first kappa shape index (κ1) is 16.4. The van der Waals surface area contributed by atoms with Gasteiger partial charge in [-0.2, -0.15) is 0 Å². The molecular formula is C20H26N2S. The Hall–Kier alpha value is -1.45. The van der Waals surface area contributed by atoms with Crippen LogP contribution < -0.4 is 10.2 Å². The number of benzene rings is 2. The van der Waals surface area contributed by atoms with Gasteiger partial charge < -0.3 is 10.2 Å². The van der Waals surface area contributed by atoms with E-state index in [0.29, 0.717) is 12.1 Å². The van der Waals surface area contributed by atoms with E-state index in [9.17, 15) is 0 Å². The molecule has 2 nitrogen and oxygen atoms in total. The van der Waals surface area contributed by atoms with Crippen LogP contribution in [0.4, 0.5) is 5.69 Å². The van der Waals surface area contributed by atoms with Crippen molar-refractivity contribution in [3.8, 4) is 0 Å². The number of rotatable bonds is 5. The smallest absolute Gasteiger partial charge is 0.0527 e. The van der Waals surface area contributed by atoms with Gasteiger partial charge >= 0.3 is 0 Å². The van der Waals surface area contributed by atoms with Gasteiger partial charge in [-0.3, -0.25) is 0 Å². The van der Waals surface area contributed by atoms with Crippen molar-refractivity contribution in [3.05, 3.63) is 60.2 Å². The van der Waals surface area contributed by atoms with E-state index in [2.05, 4.69) is 78.8 Å². The molecule has 2 atom stereocenters. The summed E-state index contributed by atoms with van der Waals surface area (Å²) < 4.78 is 0. The van der Waals surface area contributed by atoms with Gasteiger partial charge in [-0.05, 0) is 42.8 Å². The lowest BCUT2D eigenvalue weighted by Crippen LogP contribution is -2.47. The number of thioether (sulfide) groups is 1. The zero-order valence-corrected chi connectivity index (χ0v) is 14.9. The lowest BCUT2D eigenvalue weighted by Gasteiger charge is -2.40. The lowest BCUT2D eigenvalue weighted by molar-refractivity contribution is 0.348. The third kappa shape index (κ3) is 3.73. The maximum Gasteiger partial charge on any atom is 0.0527 e. The third-order valence-corrected chi connectivity index (χ3v) is 5.57. The van der Waals surface area contributed by atoms with Crippen molar-refractivity contribution >= 4 is 17.4 Å². The summed E-state index contributed by atoms with van der Waals surface area (Å²) in [6.45, 7) is 3.33. The zero-order chi connectivity index (χ0) is 16.1. The largest absolute Gasteiger partial charge is 0.369 e. The summed E-state index contributed by atoms with van der Waals surface area (Å²) in [5.41, 5.74) is 2.75. The average molecular weight is 327 g/mol. The van der Waals surface area contributed by atoms with Crippen molar-refractivity contribution in [2.24, 2.45) is 0 Å². The molecule has 0 aliphatic carbocycles. The Morgan fingerprint density at radius 2 is 1.83 bits per heavy atom. The minimum Gasteiger partial charge on any atom is -0.369 e. The molecule has 1 fully saturated rings. The average Bonchev–Trinajstić information content (AvgIpc) is 2.63. The first-order valence-corrected chi connectivity index (χ1v) is 9.53. The first-order valence-electron chi connectivity index (χ1n) is 8.54. The second-order valence-electron chi connectivity index (χ2n) is 6.06. The molecule has 1 aliphatic rings. The van der Waals surface area contributed by atoms with E-state index in [4.69, 9.17) is 0 Å². The number of nitrogens with one attached hydrogen (secondary N) is 1. The predicted molar refractivity (Wildman–Crippen MR) is 101 cm³/mol. The molecule has 2 aromatic rings. The Bertz CT molecular complexity index is 614. The van der Waals surface area contributed by atoms with E-state index >= 15 is 0 Å². The molecule has 122 valence electrons. The van der Waals surface area contributed by atoms with E-state index in [1.165, 1.54) is 29.0 Å². The van der Waals surface area contributed by atoms with Crippen LogP contribution in [-0.4, -0.2) is 25.4 Å². The van der Waals surface area contributed by atoms with Crippen molar-refractivity contribution in [3.63, 3.8) is 0 Å². The van der Waals surface area contributed by atoms with Gasteiger partial charge in [0.05, 0.1) is 11.7 Å². The number of hydrogen-bond acceptors (Lipinski definition) is 3. The van der Waals surface area contributed by atoms with Gasteiger partial charge in [0.25, 0.3) is 0 Å². The molecule has 0 bridgehead atoms. The summed E-state index contributed by atoms with van der Waals surface area (Å²) in [4.78, 5) is 3.87. The van der Waals surface area contributed by atoms with Gasteiger partial charge in [0.1, 0.15) is 0 Å². The van der Waals surface area contributed by atoms with E-state index in [1.54, 1.807) is 0 Å². The number of hydrogen-bond donors (Lipinski definition) is 1. The second-order valence-corrected chi connectivity index (χ2v) is 7.37. The Labute approximate surface area is 144 Å². The Morgan fingerprint density at radius 3 is 2.61 bits per heavy atom. The van der Waals surface area contributed by atoms with Crippen LogP contribution in [0.5, 0.6) is 0 Å². The van der Waals surface area contributed by atoms with Crippen LogP contribution in [0, 0.1) is 0 Å². The lowest BCUT2D eigenvalue weighted by atomic mass is 9.91. The maximum atomic E-state index is 3.74. The van der Waals surface area contributed by atoms with E-state index in [-0.39, 0.29) is 0 Å². The SMILES string of the molecule is CCSc1ccccc1N(C)[C@@H]1CCCN[C@@H]1c1ccccc1. The molecule has 2 aromatic carbocycles. The molecule has 0 amide bonds. The van der Waals surface area contributed by atoms with Crippen LogP contribution in [0.2, 0.25) is 0 Å². The predicted octanol–water partition coefficient (Wildman–Crippen LogP) is 4.73. The van der Waals surface area contributed by atoms with Crippen molar-refractivity contribution in [2.45, 2.75) is 36.7 Å². The standard InChI is InChI=1S/C20H26N2S/c1-3-23-19-14-8-7-12-17(19)22(2)18-13-9-15-21-20(18)16-10-5-4-6-11-16/h4-8,10-12,14,18,20-21H,3,9,13,15H2,1-2H3/t18-,20-/m1/s1.